The van der Waals surface area contributed by atoms with Crippen molar-refractivity contribution in [1.29, 1.82) is 0 Å². The van der Waals surface area contributed by atoms with Gasteiger partial charge < -0.3 is 19.7 Å². The Balaban J connectivity index is 1.84. The SMILES string of the molecule is COc1cccc(CN(C(=O)CN(c2ccccc2OC)S(=O)(=O)c2ccc(C)cc2)C(Cc2ccccc2)C(=O)NC(C)C)c1. The Bertz CT molecular complexity index is 1730. The minimum absolute atomic E-state index is 0.0227. The molecule has 4 aromatic rings. The second kappa shape index (κ2) is 15.4. The van der Waals surface area contributed by atoms with Gasteiger partial charge in [0.1, 0.15) is 24.1 Å². The zero-order valence-corrected chi connectivity index (χ0v) is 27.7. The lowest BCUT2D eigenvalue weighted by atomic mass is 10.0. The number of nitrogens with one attached hydrogen (secondary N) is 1. The number of anilines is 1. The van der Waals surface area contributed by atoms with Gasteiger partial charge in [0.15, 0.2) is 0 Å². The van der Waals surface area contributed by atoms with Gasteiger partial charge in [-0.1, -0.05) is 72.3 Å². The third-order valence-corrected chi connectivity index (χ3v) is 9.20. The van der Waals surface area contributed by atoms with Gasteiger partial charge in [0.2, 0.25) is 11.8 Å². The molecule has 0 spiro atoms. The fourth-order valence-electron chi connectivity index (χ4n) is 5.09. The Morgan fingerprint density at radius 1 is 0.804 bits per heavy atom. The van der Waals surface area contributed by atoms with Crippen LogP contribution < -0.4 is 19.1 Å². The van der Waals surface area contributed by atoms with E-state index in [0.717, 1.165) is 15.4 Å². The minimum atomic E-state index is -4.25. The number of carbonyl (C=O) groups is 2. The fourth-order valence-corrected chi connectivity index (χ4v) is 6.51. The number of para-hydroxylation sites is 2. The molecule has 0 aromatic heterocycles. The minimum Gasteiger partial charge on any atom is -0.497 e. The average Bonchev–Trinajstić information content (AvgIpc) is 3.05. The maximum Gasteiger partial charge on any atom is 0.264 e. The molecule has 1 atom stereocenters. The van der Waals surface area contributed by atoms with Crippen LogP contribution in [0.2, 0.25) is 0 Å². The summed E-state index contributed by atoms with van der Waals surface area (Å²) in [5, 5.41) is 2.96. The van der Waals surface area contributed by atoms with Gasteiger partial charge in [-0.25, -0.2) is 8.42 Å². The molecule has 0 saturated heterocycles. The van der Waals surface area contributed by atoms with Crippen molar-refractivity contribution < 1.29 is 27.5 Å². The molecule has 0 aliphatic heterocycles. The van der Waals surface area contributed by atoms with Crippen molar-refractivity contribution in [2.24, 2.45) is 0 Å². The predicted octanol–water partition coefficient (Wildman–Crippen LogP) is 5.37. The predicted molar refractivity (Wildman–Crippen MR) is 179 cm³/mol. The standard InChI is InChI=1S/C36H41N3O6S/c1-26(2)37-36(41)33(23-28-12-7-6-8-13-28)38(24-29-14-11-15-30(22-29)44-4)35(40)25-39(32-16-9-10-17-34(32)45-5)46(42,43)31-20-18-27(3)19-21-31/h6-22,26,33H,23-25H2,1-5H3,(H,37,41). The molecule has 0 radical (unpaired) electrons. The van der Waals surface area contributed by atoms with Crippen LogP contribution >= 0.6 is 0 Å². The van der Waals surface area contributed by atoms with Crippen molar-refractivity contribution in [3.05, 3.63) is 120 Å². The molecule has 10 heteroatoms. The third-order valence-electron chi connectivity index (χ3n) is 7.43. The average molecular weight is 644 g/mol. The van der Waals surface area contributed by atoms with Crippen molar-refractivity contribution in [3.8, 4) is 11.5 Å². The molecule has 242 valence electrons. The Labute approximate surface area is 271 Å². The summed E-state index contributed by atoms with van der Waals surface area (Å²) in [5.41, 5.74) is 2.66. The highest BCUT2D eigenvalue weighted by Gasteiger charge is 2.35. The first kappa shape index (κ1) is 34.1. The summed E-state index contributed by atoms with van der Waals surface area (Å²) in [4.78, 5) is 29.9. The quantitative estimate of drug-likeness (QED) is 0.198. The molecule has 0 heterocycles. The molecular formula is C36H41N3O6S. The molecule has 4 rings (SSSR count). The molecule has 46 heavy (non-hydrogen) atoms. The van der Waals surface area contributed by atoms with E-state index < -0.39 is 28.5 Å². The molecule has 0 aliphatic rings. The molecule has 1 N–H and O–H groups in total. The van der Waals surface area contributed by atoms with E-state index in [-0.39, 0.29) is 41.2 Å². The summed E-state index contributed by atoms with van der Waals surface area (Å²) < 4.78 is 40.5. The second-order valence-electron chi connectivity index (χ2n) is 11.2. The van der Waals surface area contributed by atoms with E-state index in [4.69, 9.17) is 9.47 Å². The van der Waals surface area contributed by atoms with Crippen LogP contribution in [0.1, 0.15) is 30.5 Å². The van der Waals surface area contributed by atoms with Crippen molar-refractivity contribution >= 4 is 27.5 Å². The molecule has 0 saturated carbocycles. The number of amides is 2. The van der Waals surface area contributed by atoms with Gasteiger partial charge in [-0.2, -0.15) is 0 Å². The zero-order valence-electron chi connectivity index (χ0n) is 26.8. The van der Waals surface area contributed by atoms with E-state index in [0.29, 0.717) is 11.3 Å². The summed E-state index contributed by atoms with van der Waals surface area (Å²) in [6, 6.07) is 28.6. The number of benzene rings is 4. The lowest BCUT2D eigenvalue weighted by Crippen LogP contribution is -2.54. The fraction of sp³-hybridized carbons (Fsp3) is 0.278. The Morgan fingerprint density at radius 2 is 1.46 bits per heavy atom. The van der Waals surface area contributed by atoms with E-state index in [1.54, 1.807) is 61.7 Å². The Morgan fingerprint density at radius 3 is 2.11 bits per heavy atom. The molecule has 0 aliphatic carbocycles. The lowest BCUT2D eigenvalue weighted by Gasteiger charge is -2.34. The van der Waals surface area contributed by atoms with Crippen LogP contribution in [0.5, 0.6) is 11.5 Å². The van der Waals surface area contributed by atoms with E-state index in [2.05, 4.69) is 5.32 Å². The van der Waals surface area contributed by atoms with Gasteiger partial charge in [-0.3, -0.25) is 13.9 Å². The van der Waals surface area contributed by atoms with E-state index >= 15 is 0 Å². The number of aryl methyl sites for hydroxylation is 1. The molecule has 0 bridgehead atoms. The van der Waals surface area contributed by atoms with Gasteiger partial charge in [0.05, 0.1) is 24.8 Å². The highest BCUT2D eigenvalue weighted by Crippen LogP contribution is 2.33. The van der Waals surface area contributed by atoms with Crippen molar-refractivity contribution in [3.63, 3.8) is 0 Å². The van der Waals surface area contributed by atoms with Crippen LogP contribution in [-0.4, -0.2) is 58.0 Å². The number of nitrogens with zero attached hydrogens (tertiary/aromatic N) is 2. The zero-order chi connectivity index (χ0) is 33.3. The van der Waals surface area contributed by atoms with Gasteiger partial charge in [-0.05, 0) is 68.3 Å². The smallest absolute Gasteiger partial charge is 0.264 e. The first-order valence-corrected chi connectivity index (χ1v) is 16.5. The van der Waals surface area contributed by atoms with Gasteiger partial charge in [0, 0.05) is 19.0 Å². The Hall–Kier alpha value is -4.83. The molecule has 0 fully saturated rings. The molecule has 4 aromatic carbocycles. The van der Waals surface area contributed by atoms with Crippen LogP contribution in [0.25, 0.3) is 0 Å². The van der Waals surface area contributed by atoms with E-state index in [1.807, 2.05) is 57.2 Å². The molecule has 9 nitrogen and oxygen atoms in total. The van der Waals surface area contributed by atoms with Crippen LogP contribution in [-0.2, 0) is 32.6 Å². The first-order chi connectivity index (χ1) is 22.0. The largest absolute Gasteiger partial charge is 0.497 e. The highest BCUT2D eigenvalue weighted by atomic mass is 32.2. The molecule has 2 amide bonds. The van der Waals surface area contributed by atoms with Gasteiger partial charge in [0.25, 0.3) is 10.0 Å². The van der Waals surface area contributed by atoms with E-state index in [9.17, 15) is 18.0 Å². The van der Waals surface area contributed by atoms with E-state index in [1.165, 1.54) is 24.1 Å². The van der Waals surface area contributed by atoms with Crippen molar-refractivity contribution in [2.45, 2.75) is 50.7 Å². The first-order valence-electron chi connectivity index (χ1n) is 15.0. The normalized spacial score (nSPS) is 11.9. The molecular weight excluding hydrogens is 602 g/mol. The Kier molecular flexibility index (Phi) is 11.4. The summed E-state index contributed by atoms with van der Waals surface area (Å²) in [7, 11) is -1.26. The second-order valence-corrected chi connectivity index (χ2v) is 13.1. The number of methoxy groups -OCH3 is 2. The number of hydrogen-bond donors (Lipinski definition) is 1. The number of carbonyl (C=O) groups excluding carboxylic acids is 2. The summed E-state index contributed by atoms with van der Waals surface area (Å²) in [6.07, 6.45) is 0.217. The topological polar surface area (TPSA) is 105 Å². The number of sulfonamides is 1. The molecule has 1 unspecified atom stereocenters. The number of hydrogen-bond acceptors (Lipinski definition) is 6. The van der Waals surface area contributed by atoms with Gasteiger partial charge >= 0.3 is 0 Å². The maximum atomic E-state index is 14.6. The highest BCUT2D eigenvalue weighted by molar-refractivity contribution is 7.92. The monoisotopic (exact) mass is 643 g/mol. The number of rotatable bonds is 14. The summed E-state index contributed by atoms with van der Waals surface area (Å²) in [6.45, 7) is 5.01. The maximum absolute atomic E-state index is 14.6. The van der Waals surface area contributed by atoms with Crippen molar-refractivity contribution in [2.75, 3.05) is 25.1 Å². The summed E-state index contributed by atoms with van der Waals surface area (Å²) in [5.74, 6) is -0.0398. The third kappa shape index (κ3) is 8.45. The van der Waals surface area contributed by atoms with Crippen LogP contribution in [0.4, 0.5) is 5.69 Å². The van der Waals surface area contributed by atoms with Crippen molar-refractivity contribution in [1.82, 2.24) is 10.2 Å². The summed E-state index contributed by atoms with van der Waals surface area (Å²) >= 11 is 0. The van der Waals surface area contributed by atoms with Crippen LogP contribution in [0.3, 0.4) is 0 Å². The van der Waals surface area contributed by atoms with Gasteiger partial charge in [-0.15, -0.1) is 0 Å². The number of ether oxygens (including phenoxy) is 2. The van der Waals surface area contributed by atoms with Crippen LogP contribution in [0, 0.1) is 6.92 Å². The van der Waals surface area contributed by atoms with Crippen LogP contribution in [0.15, 0.2) is 108 Å². The lowest BCUT2D eigenvalue weighted by molar-refractivity contribution is -0.140.